The Morgan fingerprint density at radius 2 is 2.21 bits per heavy atom. The Bertz CT molecular complexity index is 444. The molecule has 1 saturated carbocycles. The quantitative estimate of drug-likeness (QED) is 0.919. The SMILES string of the molecule is Cc1nc(N2CC(C)OCC2C)sc1CNC1CC1. The minimum Gasteiger partial charge on any atom is -0.375 e. The number of aryl methyl sites for hydroxylation is 1. The average molecular weight is 281 g/mol. The van der Waals surface area contributed by atoms with Crippen LogP contribution in [0.15, 0.2) is 0 Å². The topological polar surface area (TPSA) is 37.4 Å². The summed E-state index contributed by atoms with van der Waals surface area (Å²) < 4.78 is 5.69. The fourth-order valence-electron chi connectivity index (χ4n) is 2.39. The summed E-state index contributed by atoms with van der Waals surface area (Å²) in [5, 5.41) is 4.74. The minimum atomic E-state index is 0.299. The normalized spacial score (nSPS) is 27.8. The first-order valence-corrected chi connectivity index (χ1v) is 8.03. The molecule has 5 heteroatoms. The van der Waals surface area contributed by atoms with E-state index in [-0.39, 0.29) is 0 Å². The molecular weight excluding hydrogens is 258 g/mol. The Morgan fingerprint density at radius 3 is 2.95 bits per heavy atom. The summed E-state index contributed by atoms with van der Waals surface area (Å²) >= 11 is 1.84. The van der Waals surface area contributed by atoms with Crippen molar-refractivity contribution in [3.63, 3.8) is 0 Å². The number of morpholine rings is 1. The lowest BCUT2D eigenvalue weighted by Crippen LogP contribution is -2.47. The van der Waals surface area contributed by atoms with E-state index in [1.807, 2.05) is 11.3 Å². The summed E-state index contributed by atoms with van der Waals surface area (Å²) in [4.78, 5) is 8.54. The maximum absolute atomic E-state index is 5.69. The number of rotatable bonds is 4. The average Bonchev–Trinajstić information content (AvgIpc) is 3.14. The lowest BCUT2D eigenvalue weighted by molar-refractivity contribution is 0.0343. The number of nitrogens with zero attached hydrogens (tertiary/aromatic N) is 2. The molecule has 1 aromatic rings. The number of hydrogen-bond acceptors (Lipinski definition) is 5. The molecule has 106 valence electrons. The Labute approximate surface area is 119 Å². The summed E-state index contributed by atoms with van der Waals surface area (Å²) in [6.45, 7) is 9.19. The van der Waals surface area contributed by atoms with E-state index in [1.165, 1.54) is 23.4 Å². The van der Waals surface area contributed by atoms with Crippen LogP contribution in [-0.2, 0) is 11.3 Å². The van der Waals surface area contributed by atoms with Gasteiger partial charge in [-0.05, 0) is 33.6 Å². The van der Waals surface area contributed by atoms with Crippen LogP contribution >= 0.6 is 11.3 Å². The Hall–Kier alpha value is -0.650. The first-order chi connectivity index (χ1) is 9.13. The molecule has 2 unspecified atom stereocenters. The van der Waals surface area contributed by atoms with Crippen LogP contribution in [-0.4, -0.2) is 36.3 Å². The third-order valence-electron chi connectivity index (χ3n) is 3.86. The monoisotopic (exact) mass is 281 g/mol. The molecule has 1 saturated heterocycles. The second-order valence-corrected chi connectivity index (χ2v) is 6.87. The standard InChI is InChI=1S/C14H23N3OS/c1-9-8-18-10(2)7-17(9)14-16-11(3)13(19-14)6-15-12-4-5-12/h9-10,12,15H,4-8H2,1-3H3. The molecule has 1 N–H and O–H groups in total. The summed E-state index contributed by atoms with van der Waals surface area (Å²) in [5.41, 5.74) is 1.18. The molecule has 4 nitrogen and oxygen atoms in total. The van der Waals surface area contributed by atoms with Crippen molar-refractivity contribution in [3.8, 4) is 0 Å². The minimum absolute atomic E-state index is 0.299. The van der Waals surface area contributed by atoms with Gasteiger partial charge in [-0.3, -0.25) is 0 Å². The zero-order chi connectivity index (χ0) is 13.4. The van der Waals surface area contributed by atoms with Crippen LogP contribution in [0.4, 0.5) is 5.13 Å². The van der Waals surface area contributed by atoms with Gasteiger partial charge in [0.25, 0.3) is 0 Å². The highest BCUT2D eigenvalue weighted by Crippen LogP contribution is 2.30. The van der Waals surface area contributed by atoms with Gasteiger partial charge < -0.3 is 15.0 Å². The van der Waals surface area contributed by atoms with Crippen molar-refractivity contribution in [2.45, 2.75) is 58.3 Å². The molecule has 2 heterocycles. The van der Waals surface area contributed by atoms with Crippen LogP contribution in [0.3, 0.4) is 0 Å². The Balaban J connectivity index is 1.70. The van der Waals surface area contributed by atoms with E-state index in [9.17, 15) is 0 Å². The number of aromatic nitrogens is 1. The fraction of sp³-hybridized carbons (Fsp3) is 0.786. The van der Waals surface area contributed by atoms with Crippen molar-refractivity contribution in [2.75, 3.05) is 18.1 Å². The first-order valence-electron chi connectivity index (χ1n) is 7.21. The van der Waals surface area contributed by atoms with Crippen molar-refractivity contribution in [1.29, 1.82) is 0 Å². The highest BCUT2D eigenvalue weighted by molar-refractivity contribution is 7.15. The molecule has 1 aliphatic heterocycles. The molecule has 19 heavy (non-hydrogen) atoms. The third kappa shape index (κ3) is 3.09. The van der Waals surface area contributed by atoms with E-state index >= 15 is 0 Å². The van der Waals surface area contributed by atoms with Crippen molar-refractivity contribution in [3.05, 3.63) is 10.6 Å². The zero-order valence-electron chi connectivity index (χ0n) is 12.0. The van der Waals surface area contributed by atoms with Gasteiger partial charge in [-0.2, -0.15) is 0 Å². The van der Waals surface area contributed by atoms with Crippen LogP contribution in [0.5, 0.6) is 0 Å². The van der Waals surface area contributed by atoms with Gasteiger partial charge in [-0.25, -0.2) is 4.98 Å². The number of nitrogens with one attached hydrogen (secondary N) is 1. The predicted octanol–water partition coefficient (Wildman–Crippen LogP) is 2.32. The lowest BCUT2D eigenvalue weighted by atomic mass is 10.2. The van der Waals surface area contributed by atoms with Crippen molar-refractivity contribution in [2.24, 2.45) is 0 Å². The largest absolute Gasteiger partial charge is 0.375 e. The molecule has 2 fully saturated rings. The summed E-state index contributed by atoms with van der Waals surface area (Å²) in [6.07, 6.45) is 2.97. The van der Waals surface area contributed by atoms with Crippen LogP contribution < -0.4 is 10.2 Å². The lowest BCUT2D eigenvalue weighted by Gasteiger charge is -2.36. The number of thiazole rings is 1. The smallest absolute Gasteiger partial charge is 0.186 e. The highest BCUT2D eigenvalue weighted by atomic mass is 32.1. The van der Waals surface area contributed by atoms with Gasteiger partial charge in [0.1, 0.15) is 0 Å². The molecule has 0 spiro atoms. The molecule has 1 aromatic heterocycles. The van der Waals surface area contributed by atoms with Gasteiger partial charge in [0.2, 0.25) is 0 Å². The number of anilines is 1. The molecule has 3 rings (SSSR count). The van der Waals surface area contributed by atoms with E-state index < -0.39 is 0 Å². The van der Waals surface area contributed by atoms with Gasteiger partial charge in [-0.1, -0.05) is 0 Å². The third-order valence-corrected chi connectivity index (χ3v) is 5.06. The Kier molecular flexibility index (Phi) is 3.78. The van der Waals surface area contributed by atoms with Crippen LogP contribution in [0, 0.1) is 6.92 Å². The molecule has 0 radical (unpaired) electrons. The molecule has 2 atom stereocenters. The number of hydrogen-bond donors (Lipinski definition) is 1. The van der Waals surface area contributed by atoms with Gasteiger partial charge in [0, 0.05) is 24.0 Å². The first kappa shape index (κ1) is 13.3. The summed E-state index contributed by atoms with van der Waals surface area (Å²) in [7, 11) is 0. The van der Waals surface area contributed by atoms with Crippen molar-refractivity contribution >= 4 is 16.5 Å². The van der Waals surface area contributed by atoms with Gasteiger partial charge in [0.05, 0.1) is 24.4 Å². The van der Waals surface area contributed by atoms with Crippen LogP contribution in [0.25, 0.3) is 0 Å². The molecule has 0 bridgehead atoms. The van der Waals surface area contributed by atoms with Crippen molar-refractivity contribution < 1.29 is 4.74 Å². The van der Waals surface area contributed by atoms with E-state index in [1.54, 1.807) is 0 Å². The predicted molar refractivity (Wildman–Crippen MR) is 78.9 cm³/mol. The Morgan fingerprint density at radius 1 is 1.42 bits per heavy atom. The second kappa shape index (κ2) is 5.38. The highest BCUT2D eigenvalue weighted by Gasteiger charge is 2.27. The summed E-state index contributed by atoms with van der Waals surface area (Å²) in [6, 6.07) is 1.18. The van der Waals surface area contributed by atoms with Crippen molar-refractivity contribution in [1.82, 2.24) is 10.3 Å². The molecule has 1 aliphatic carbocycles. The number of ether oxygens (including phenoxy) is 1. The van der Waals surface area contributed by atoms with Gasteiger partial charge in [0.15, 0.2) is 5.13 Å². The van der Waals surface area contributed by atoms with E-state index in [2.05, 4.69) is 31.0 Å². The van der Waals surface area contributed by atoms with Gasteiger partial charge in [-0.15, -0.1) is 11.3 Å². The van der Waals surface area contributed by atoms with E-state index in [0.717, 1.165) is 30.9 Å². The second-order valence-electron chi connectivity index (χ2n) is 5.81. The molecule has 0 aromatic carbocycles. The van der Waals surface area contributed by atoms with Crippen LogP contribution in [0.2, 0.25) is 0 Å². The molecule has 0 amide bonds. The van der Waals surface area contributed by atoms with Gasteiger partial charge >= 0.3 is 0 Å². The molecular formula is C14H23N3OS. The van der Waals surface area contributed by atoms with Crippen LogP contribution in [0.1, 0.15) is 37.3 Å². The van der Waals surface area contributed by atoms with E-state index in [4.69, 9.17) is 9.72 Å². The fourth-order valence-corrected chi connectivity index (χ4v) is 3.52. The maximum atomic E-state index is 5.69. The maximum Gasteiger partial charge on any atom is 0.186 e. The summed E-state index contributed by atoms with van der Waals surface area (Å²) in [5.74, 6) is 0. The molecule has 2 aliphatic rings. The van der Waals surface area contributed by atoms with E-state index in [0.29, 0.717) is 12.1 Å². The zero-order valence-corrected chi connectivity index (χ0v) is 12.8.